The number of ketones is 1. The third-order valence-electron chi connectivity index (χ3n) is 3.50. The Hall–Kier alpha value is -2.00. The number of hydrogen-bond donors (Lipinski definition) is 0. The van der Waals surface area contributed by atoms with Gasteiger partial charge < -0.3 is 0 Å². The van der Waals surface area contributed by atoms with Crippen LogP contribution in [0.4, 0.5) is 0 Å². The van der Waals surface area contributed by atoms with Crippen molar-refractivity contribution in [2.24, 2.45) is 0 Å². The fourth-order valence-electron chi connectivity index (χ4n) is 2.31. The van der Waals surface area contributed by atoms with Gasteiger partial charge in [-0.3, -0.25) is 4.79 Å². The van der Waals surface area contributed by atoms with Gasteiger partial charge in [0.25, 0.3) is 0 Å². The lowest BCUT2D eigenvalue weighted by Crippen LogP contribution is -1.98. The van der Waals surface area contributed by atoms with E-state index >= 15 is 0 Å². The van der Waals surface area contributed by atoms with Crippen LogP contribution in [0.5, 0.6) is 0 Å². The Balaban J connectivity index is 2.02. The summed E-state index contributed by atoms with van der Waals surface area (Å²) in [6.07, 6.45) is 1.60. The van der Waals surface area contributed by atoms with E-state index in [1.807, 2.05) is 60.7 Å². The highest BCUT2D eigenvalue weighted by Gasteiger charge is 2.15. The highest BCUT2D eigenvalue weighted by Crippen LogP contribution is 2.35. The van der Waals surface area contributed by atoms with Gasteiger partial charge in [-0.2, -0.15) is 0 Å². The summed E-state index contributed by atoms with van der Waals surface area (Å²) >= 11 is 13.9. The zero-order valence-electron chi connectivity index (χ0n) is 13.2. The maximum absolute atomic E-state index is 12.8. The van der Waals surface area contributed by atoms with E-state index < -0.39 is 0 Å². The molecule has 0 amide bonds. The molecule has 0 radical (unpaired) electrons. The summed E-state index contributed by atoms with van der Waals surface area (Å²) in [4.78, 5) is 14.7. The maximum Gasteiger partial charge on any atom is 0.189 e. The molecule has 3 rings (SSSR count). The zero-order chi connectivity index (χ0) is 17.6. The minimum Gasteiger partial charge on any atom is -0.289 e. The van der Waals surface area contributed by atoms with Crippen LogP contribution in [0.2, 0.25) is 10.0 Å². The van der Waals surface area contributed by atoms with Crippen molar-refractivity contribution in [1.29, 1.82) is 0 Å². The van der Waals surface area contributed by atoms with E-state index in [2.05, 4.69) is 0 Å². The molecule has 0 fully saturated rings. The second-order valence-corrected chi connectivity index (χ2v) is 7.18. The van der Waals surface area contributed by atoms with Crippen molar-refractivity contribution in [2.75, 3.05) is 0 Å². The van der Waals surface area contributed by atoms with E-state index in [1.165, 1.54) is 11.8 Å². The third-order valence-corrected chi connectivity index (χ3v) is 5.21. The minimum absolute atomic E-state index is 0.210. The van der Waals surface area contributed by atoms with Crippen LogP contribution in [0.1, 0.15) is 15.9 Å². The van der Waals surface area contributed by atoms with Crippen molar-refractivity contribution >= 4 is 45.7 Å². The van der Waals surface area contributed by atoms with Gasteiger partial charge in [0.1, 0.15) is 0 Å². The van der Waals surface area contributed by atoms with Crippen molar-refractivity contribution < 1.29 is 4.79 Å². The Morgan fingerprint density at radius 2 is 1.32 bits per heavy atom. The molecule has 25 heavy (non-hydrogen) atoms. The molecular weight excluding hydrogens is 371 g/mol. The monoisotopic (exact) mass is 384 g/mol. The average molecular weight is 385 g/mol. The molecule has 4 heteroatoms. The molecule has 0 atom stereocenters. The molecule has 0 saturated heterocycles. The first-order chi connectivity index (χ1) is 12.1. The molecule has 0 unspecified atom stereocenters. The largest absolute Gasteiger partial charge is 0.289 e. The summed E-state index contributed by atoms with van der Waals surface area (Å²) < 4.78 is 0. The van der Waals surface area contributed by atoms with E-state index in [0.29, 0.717) is 15.6 Å². The Morgan fingerprint density at radius 1 is 0.760 bits per heavy atom. The lowest BCUT2D eigenvalue weighted by atomic mass is 10.1. The molecule has 0 aromatic heterocycles. The molecule has 0 spiro atoms. The molecule has 3 aromatic rings. The molecule has 1 nitrogen and oxygen atoms in total. The van der Waals surface area contributed by atoms with Crippen LogP contribution in [0.3, 0.4) is 0 Å². The number of halogens is 2. The molecule has 0 aliphatic heterocycles. The zero-order valence-corrected chi connectivity index (χ0v) is 15.5. The van der Waals surface area contributed by atoms with Gasteiger partial charge in [0, 0.05) is 15.9 Å². The van der Waals surface area contributed by atoms with E-state index in [9.17, 15) is 4.79 Å². The summed E-state index contributed by atoms with van der Waals surface area (Å²) in [5.41, 5.74) is 1.29. The SMILES string of the molecule is O=C(C=C(Sc1ccccc1)c1ccccc1)c1c(Cl)cccc1Cl. The summed E-state index contributed by atoms with van der Waals surface area (Å²) in [5, 5.41) is 0.705. The Labute approximate surface area is 161 Å². The van der Waals surface area contributed by atoms with Gasteiger partial charge in [-0.05, 0) is 29.8 Å². The van der Waals surface area contributed by atoms with Gasteiger partial charge in [-0.25, -0.2) is 0 Å². The number of hydrogen-bond acceptors (Lipinski definition) is 2. The van der Waals surface area contributed by atoms with Crippen LogP contribution in [0.25, 0.3) is 4.91 Å². The third kappa shape index (κ3) is 4.55. The van der Waals surface area contributed by atoms with Crippen LogP contribution in [-0.2, 0) is 0 Å². The van der Waals surface area contributed by atoms with Crippen LogP contribution in [-0.4, -0.2) is 5.78 Å². The number of benzene rings is 3. The molecule has 124 valence electrons. The first-order valence-electron chi connectivity index (χ1n) is 7.63. The smallest absolute Gasteiger partial charge is 0.189 e. The van der Waals surface area contributed by atoms with Crippen molar-refractivity contribution in [3.05, 3.63) is 106 Å². The predicted octanol–water partition coefficient (Wildman–Crippen LogP) is 7.01. The normalized spacial score (nSPS) is 11.4. The van der Waals surface area contributed by atoms with Crippen LogP contribution < -0.4 is 0 Å². The Kier molecular flexibility index (Phi) is 5.98. The number of allylic oxidation sites excluding steroid dienone is 1. The van der Waals surface area contributed by atoms with Crippen molar-refractivity contribution in [3.63, 3.8) is 0 Å². The van der Waals surface area contributed by atoms with Crippen LogP contribution in [0, 0.1) is 0 Å². The lowest BCUT2D eigenvalue weighted by Gasteiger charge is -2.09. The van der Waals surface area contributed by atoms with Gasteiger partial charge in [-0.1, -0.05) is 89.6 Å². The summed E-state index contributed by atoms with van der Waals surface area (Å²) in [5.74, 6) is -0.210. The molecular formula is C21H14Cl2OS. The molecule has 0 aliphatic carbocycles. The highest BCUT2D eigenvalue weighted by molar-refractivity contribution is 8.08. The Morgan fingerprint density at radius 3 is 1.92 bits per heavy atom. The number of carbonyl (C=O) groups is 1. The molecule has 0 saturated carbocycles. The van der Waals surface area contributed by atoms with Crippen LogP contribution >= 0.6 is 35.0 Å². The average Bonchev–Trinajstić information content (AvgIpc) is 2.63. The lowest BCUT2D eigenvalue weighted by molar-refractivity contribution is 0.104. The number of rotatable bonds is 5. The maximum atomic E-state index is 12.8. The number of carbonyl (C=O) groups excluding carboxylic acids is 1. The molecule has 3 aromatic carbocycles. The van der Waals surface area contributed by atoms with Crippen molar-refractivity contribution in [2.45, 2.75) is 4.90 Å². The Bertz CT molecular complexity index is 885. The summed E-state index contributed by atoms with van der Waals surface area (Å²) in [7, 11) is 0. The van der Waals surface area contributed by atoms with Gasteiger partial charge in [0.2, 0.25) is 0 Å². The molecule has 0 heterocycles. The summed E-state index contributed by atoms with van der Waals surface area (Å²) in [6, 6.07) is 24.8. The molecule has 0 aliphatic rings. The second-order valence-electron chi connectivity index (χ2n) is 5.25. The van der Waals surface area contributed by atoms with E-state index in [1.54, 1.807) is 24.3 Å². The van der Waals surface area contributed by atoms with Gasteiger partial charge in [0.15, 0.2) is 5.78 Å². The predicted molar refractivity (Wildman–Crippen MR) is 108 cm³/mol. The standard InChI is InChI=1S/C21H14Cl2OS/c22-17-12-7-13-18(23)21(17)19(24)14-20(15-8-3-1-4-9-15)25-16-10-5-2-6-11-16/h1-14H. The number of thioether (sulfide) groups is 1. The highest BCUT2D eigenvalue weighted by atomic mass is 35.5. The molecule has 0 bridgehead atoms. The minimum atomic E-state index is -0.210. The summed E-state index contributed by atoms with van der Waals surface area (Å²) in [6.45, 7) is 0. The second kappa shape index (κ2) is 8.39. The fraction of sp³-hybridized carbons (Fsp3) is 0. The van der Waals surface area contributed by atoms with E-state index in [4.69, 9.17) is 23.2 Å². The first-order valence-corrected chi connectivity index (χ1v) is 9.21. The molecule has 0 N–H and O–H groups in total. The van der Waals surface area contributed by atoms with E-state index in [-0.39, 0.29) is 5.78 Å². The van der Waals surface area contributed by atoms with Gasteiger partial charge in [0.05, 0.1) is 15.6 Å². The van der Waals surface area contributed by atoms with Crippen molar-refractivity contribution in [1.82, 2.24) is 0 Å². The topological polar surface area (TPSA) is 17.1 Å². The first kappa shape index (κ1) is 17.8. The van der Waals surface area contributed by atoms with E-state index in [0.717, 1.165) is 15.4 Å². The quantitative estimate of drug-likeness (QED) is 0.267. The van der Waals surface area contributed by atoms with Gasteiger partial charge in [-0.15, -0.1) is 0 Å². The van der Waals surface area contributed by atoms with Crippen LogP contribution in [0.15, 0.2) is 89.8 Å². The van der Waals surface area contributed by atoms with Gasteiger partial charge >= 0.3 is 0 Å². The fourth-order valence-corrected chi connectivity index (χ4v) is 3.86. The van der Waals surface area contributed by atoms with Crippen molar-refractivity contribution in [3.8, 4) is 0 Å².